The highest BCUT2D eigenvalue weighted by Gasteiger charge is 2.23. The van der Waals surface area contributed by atoms with E-state index in [-0.39, 0.29) is 18.0 Å². The van der Waals surface area contributed by atoms with Gasteiger partial charge in [-0.3, -0.25) is 14.2 Å². The lowest BCUT2D eigenvalue weighted by atomic mass is 10.1. The van der Waals surface area contributed by atoms with E-state index in [2.05, 4.69) is 15.1 Å². The van der Waals surface area contributed by atoms with Crippen molar-refractivity contribution < 1.29 is 9.32 Å². The second-order valence-electron chi connectivity index (χ2n) is 7.74. The highest BCUT2D eigenvalue weighted by molar-refractivity contribution is 7.22. The van der Waals surface area contributed by atoms with E-state index in [9.17, 15) is 9.59 Å². The minimum atomic E-state index is -0.226. The third-order valence-electron chi connectivity index (χ3n) is 5.69. The lowest BCUT2D eigenvalue weighted by molar-refractivity contribution is -0.130. The molecule has 4 aromatic rings. The molecule has 31 heavy (non-hydrogen) atoms. The molecule has 1 fully saturated rings. The number of fused-ring (bicyclic) bond motifs is 1. The van der Waals surface area contributed by atoms with Crippen molar-refractivity contribution in [1.29, 1.82) is 0 Å². The maximum absolute atomic E-state index is 13.1. The van der Waals surface area contributed by atoms with E-state index in [1.165, 1.54) is 22.2 Å². The Balaban J connectivity index is 1.51. The van der Waals surface area contributed by atoms with Gasteiger partial charge in [0.2, 0.25) is 11.7 Å². The van der Waals surface area contributed by atoms with E-state index in [1.54, 1.807) is 4.90 Å². The molecule has 8 nitrogen and oxygen atoms in total. The smallest absolute Gasteiger partial charge is 0.268 e. The summed E-state index contributed by atoms with van der Waals surface area (Å²) in [5, 5.41) is 4.62. The number of hydrogen-bond donors (Lipinski definition) is 0. The van der Waals surface area contributed by atoms with Gasteiger partial charge in [-0.2, -0.15) is 4.98 Å². The molecule has 1 aliphatic heterocycles. The standard InChI is InChI=1S/C22H21N5O3S/c1-13-7-3-4-8-15(13)19-24-20(30-25-19)18-14(2)17-21(31-18)23-12-27(22(17)29)11-16(28)26-9-5-6-10-26/h3-4,7-8,12H,5-6,9-11H2,1-2H3. The summed E-state index contributed by atoms with van der Waals surface area (Å²) >= 11 is 1.34. The zero-order chi connectivity index (χ0) is 21.5. The molecule has 0 spiro atoms. The highest BCUT2D eigenvalue weighted by Crippen LogP contribution is 2.35. The molecule has 4 heterocycles. The summed E-state index contributed by atoms with van der Waals surface area (Å²) in [6.45, 7) is 5.36. The van der Waals surface area contributed by atoms with Crippen LogP contribution >= 0.6 is 11.3 Å². The van der Waals surface area contributed by atoms with Gasteiger partial charge in [0.05, 0.1) is 16.6 Å². The number of nitrogens with zero attached hydrogens (tertiary/aromatic N) is 5. The Kier molecular flexibility index (Phi) is 4.90. The minimum Gasteiger partial charge on any atom is -0.341 e. The number of hydrogen-bond acceptors (Lipinski definition) is 7. The number of thiophene rings is 1. The van der Waals surface area contributed by atoms with Gasteiger partial charge < -0.3 is 9.42 Å². The zero-order valence-corrected chi connectivity index (χ0v) is 18.1. The summed E-state index contributed by atoms with van der Waals surface area (Å²) in [6, 6.07) is 7.82. The fourth-order valence-corrected chi connectivity index (χ4v) is 5.00. The Bertz CT molecular complexity index is 1350. The minimum absolute atomic E-state index is 0.00435. The van der Waals surface area contributed by atoms with Crippen molar-refractivity contribution in [3.63, 3.8) is 0 Å². The Morgan fingerprint density at radius 1 is 1.19 bits per heavy atom. The van der Waals surface area contributed by atoms with Crippen molar-refractivity contribution in [2.45, 2.75) is 33.2 Å². The molecular formula is C22H21N5O3S. The molecule has 1 aliphatic rings. The van der Waals surface area contributed by atoms with Crippen LogP contribution in [0.5, 0.6) is 0 Å². The molecule has 0 atom stereocenters. The monoisotopic (exact) mass is 435 g/mol. The largest absolute Gasteiger partial charge is 0.341 e. The molecule has 0 radical (unpaired) electrons. The molecule has 0 saturated carbocycles. The van der Waals surface area contributed by atoms with E-state index in [4.69, 9.17) is 4.52 Å². The maximum atomic E-state index is 13.1. The predicted molar refractivity (Wildman–Crippen MR) is 118 cm³/mol. The second-order valence-corrected chi connectivity index (χ2v) is 8.74. The van der Waals surface area contributed by atoms with E-state index >= 15 is 0 Å². The van der Waals surface area contributed by atoms with Gasteiger partial charge in [0, 0.05) is 18.7 Å². The number of benzene rings is 1. The van der Waals surface area contributed by atoms with Crippen molar-refractivity contribution in [1.82, 2.24) is 24.6 Å². The quantitative estimate of drug-likeness (QED) is 0.488. The van der Waals surface area contributed by atoms with Crippen LogP contribution in [0, 0.1) is 13.8 Å². The predicted octanol–water partition coefficient (Wildman–Crippen LogP) is 3.41. The molecule has 1 amide bonds. The molecular weight excluding hydrogens is 414 g/mol. The molecule has 5 rings (SSSR count). The number of rotatable bonds is 4. The molecule has 3 aromatic heterocycles. The SMILES string of the molecule is Cc1ccccc1-c1noc(-c2sc3ncn(CC(=O)N4CCCC4)c(=O)c3c2C)n1. The molecule has 9 heteroatoms. The van der Waals surface area contributed by atoms with Crippen molar-refractivity contribution in [2.24, 2.45) is 0 Å². The van der Waals surface area contributed by atoms with Gasteiger partial charge in [-0.1, -0.05) is 29.4 Å². The van der Waals surface area contributed by atoms with E-state index in [0.717, 1.165) is 47.5 Å². The topological polar surface area (TPSA) is 94.1 Å². The van der Waals surface area contributed by atoms with Gasteiger partial charge in [-0.15, -0.1) is 11.3 Å². The average Bonchev–Trinajstić information content (AvgIpc) is 3.51. The summed E-state index contributed by atoms with van der Waals surface area (Å²) in [5.74, 6) is 0.818. The van der Waals surface area contributed by atoms with Gasteiger partial charge in [-0.05, 0) is 37.8 Å². The molecule has 0 aliphatic carbocycles. The number of aryl methyl sites for hydroxylation is 2. The average molecular weight is 436 g/mol. The van der Waals surface area contributed by atoms with E-state index < -0.39 is 0 Å². The number of amides is 1. The summed E-state index contributed by atoms with van der Waals surface area (Å²) in [6.07, 6.45) is 3.48. The summed E-state index contributed by atoms with van der Waals surface area (Å²) in [7, 11) is 0. The lowest BCUT2D eigenvalue weighted by Crippen LogP contribution is -2.34. The van der Waals surface area contributed by atoms with Crippen LogP contribution in [0.1, 0.15) is 24.0 Å². The van der Waals surface area contributed by atoms with Crippen molar-refractivity contribution in [2.75, 3.05) is 13.1 Å². The van der Waals surface area contributed by atoms with Crippen molar-refractivity contribution >= 4 is 27.5 Å². The fourth-order valence-electron chi connectivity index (χ4n) is 3.94. The summed E-state index contributed by atoms with van der Waals surface area (Å²) in [5.41, 5.74) is 2.46. The maximum Gasteiger partial charge on any atom is 0.268 e. The summed E-state index contributed by atoms with van der Waals surface area (Å²) in [4.78, 5) is 37.7. The van der Waals surface area contributed by atoms with Crippen molar-refractivity contribution in [3.8, 4) is 22.2 Å². The van der Waals surface area contributed by atoms with Crippen LogP contribution in [0.3, 0.4) is 0 Å². The summed E-state index contributed by atoms with van der Waals surface area (Å²) < 4.78 is 6.91. The van der Waals surface area contributed by atoms with Crippen LogP contribution in [0.2, 0.25) is 0 Å². The first-order valence-corrected chi connectivity index (χ1v) is 11.0. The number of likely N-dealkylation sites (tertiary alicyclic amines) is 1. The van der Waals surface area contributed by atoms with Gasteiger partial charge in [0.25, 0.3) is 11.4 Å². The second kappa shape index (κ2) is 7.73. The Morgan fingerprint density at radius 2 is 1.97 bits per heavy atom. The number of carbonyl (C=O) groups is 1. The number of aromatic nitrogens is 4. The molecule has 1 aromatic carbocycles. The molecule has 0 unspecified atom stereocenters. The highest BCUT2D eigenvalue weighted by atomic mass is 32.1. The van der Waals surface area contributed by atoms with Gasteiger partial charge in [0.1, 0.15) is 11.4 Å². The zero-order valence-electron chi connectivity index (χ0n) is 17.3. The van der Waals surface area contributed by atoms with Crippen LogP contribution in [-0.4, -0.2) is 43.6 Å². The normalized spacial score (nSPS) is 13.9. The number of carbonyl (C=O) groups excluding carboxylic acids is 1. The first kappa shape index (κ1) is 19.6. The molecule has 0 bridgehead atoms. The first-order valence-electron chi connectivity index (χ1n) is 10.2. The van der Waals surface area contributed by atoms with Gasteiger partial charge in [0.15, 0.2) is 0 Å². The van der Waals surface area contributed by atoms with Crippen LogP contribution in [0.15, 0.2) is 39.9 Å². The van der Waals surface area contributed by atoms with Crippen LogP contribution in [0.4, 0.5) is 0 Å². The fraction of sp³-hybridized carbons (Fsp3) is 0.318. The van der Waals surface area contributed by atoms with E-state index in [0.29, 0.717) is 21.9 Å². The molecule has 1 saturated heterocycles. The third kappa shape index (κ3) is 3.44. The van der Waals surface area contributed by atoms with Crippen LogP contribution in [-0.2, 0) is 11.3 Å². The van der Waals surface area contributed by atoms with E-state index in [1.807, 2.05) is 38.1 Å². The van der Waals surface area contributed by atoms with Crippen molar-refractivity contribution in [3.05, 3.63) is 52.1 Å². The first-order chi connectivity index (χ1) is 15.0. The Hall–Kier alpha value is -3.33. The third-order valence-corrected chi connectivity index (χ3v) is 6.88. The Morgan fingerprint density at radius 3 is 2.74 bits per heavy atom. The molecule has 158 valence electrons. The lowest BCUT2D eigenvalue weighted by Gasteiger charge is -2.15. The van der Waals surface area contributed by atoms with Crippen LogP contribution < -0.4 is 5.56 Å². The van der Waals surface area contributed by atoms with Gasteiger partial charge >= 0.3 is 0 Å². The molecule has 0 N–H and O–H groups in total. The Labute approximate surface area is 182 Å². The van der Waals surface area contributed by atoms with Crippen LogP contribution in [0.25, 0.3) is 32.4 Å². The van der Waals surface area contributed by atoms with Gasteiger partial charge in [-0.25, -0.2) is 4.98 Å².